The van der Waals surface area contributed by atoms with Crippen LogP contribution in [0.25, 0.3) is 11.1 Å². The maximum atomic E-state index is 13.3. The summed E-state index contributed by atoms with van der Waals surface area (Å²) in [6, 6.07) is 21.6. The van der Waals surface area contributed by atoms with Crippen molar-refractivity contribution in [3.05, 3.63) is 101 Å². The zero-order valence-corrected chi connectivity index (χ0v) is 25.7. The molecule has 2 N–H and O–H groups in total. The summed E-state index contributed by atoms with van der Waals surface area (Å²) in [5, 5.41) is 20.1. The average molecular weight is 568 g/mol. The topological polar surface area (TPSA) is 85.2 Å². The zero-order valence-electron chi connectivity index (χ0n) is 23.7. The van der Waals surface area contributed by atoms with Crippen molar-refractivity contribution in [1.29, 1.82) is 0 Å². The first-order valence-corrected chi connectivity index (χ1v) is 13.4. The number of rotatable bonds is 13. The Balaban J connectivity index is 0.00000462. The summed E-state index contributed by atoms with van der Waals surface area (Å²) in [6.45, 7) is 4.85. The summed E-state index contributed by atoms with van der Waals surface area (Å²) in [5.41, 5.74) is 3.27. The summed E-state index contributed by atoms with van der Waals surface area (Å²) in [7, 11) is 0. The third-order valence-corrected chi connectivity index (χ3v) is 6.45. The predicted molar refractivity (Wildman–Crippen MR) is 158 cm³/mol. The van der Waals surface area contributed by atoms with E-state index >= 15 is 0 Å². The number of ether oxygens (including phenoxy) is 3. The number of para-hydroxylation sites is 1. The summed E-state index contributed by atoms with van der Waals surface area (Å²) >= 11 is 0. The summed E-state index contributed by atoms with van der Waals surface area (Å²) in [6.07, 6.45) is 2.87. The van der Waals surface area contributed by atoms with Crippen LogP contribution in [0.1, 0.15) is 48.2 Å². The number of hydrogen-bond donors (Lipinski definition) is 2. The molecule has 0 aliphatic rings. The number of halogens is 1. The van der Waals surface area contributed by atoms with Gasteiger partial charge in [-0.05, 0) is 66.4 Å². The van der Waals surface area contributed by atoms with Crippen LogP contribution in [-0.2, 0) is 12.8 Å². The second kappa shape index (κ2) is 15.5. The Morgan fingerprint density at radius 3 is 2.17 bits per heavy atom. The van der Waals surface area contributed by atoms with E-state index in [0.717, 1.165) is 23.1 Å². The monoisotopic (exact) mass is 567 g/mol. The van der Waals surface area contributed by atoms with Crippen molar-refractivity contribution in [1.82, 2.24) is 0 Å². The van der Waals surface area contributed by atoms with E-state index in [1.165, 1.54) is 18.2 Å². The zero-order chi connectivity index (χ0) is 28.5. The molecule has 0 fully saturated rings. The Bertz CT molecular complexity index is 1460. The molecule has 4 aromatic carbocycles. The van der Waals surface area contributed by atoms with Gasteiger partial charge in [0.1, 0.15) is 40.1 Å². The molecular formula is C33H33FNaO6. The van der Waals surface area contributed by atoms with Gasteiger partial charge in [-0.3, -0.25) is 0 Å². The minimum Gasteiger partial charge on any atom is -0.507 e. The molecule has 6 nitrogen and oxygen atoms in total. The smallest absolute Gasteiger partial charge is 0.339 e. The number of hydrogen-bond acceptors (Lipinski definition) is 5. The maximum absolute atomic E-state index is 13.3. The molecule has 0 aliphatic heterocycles. The van der Waals surface area contributed by atoms with Crippen LogP contribution in [0.4, 0.5) is 4.39 Å². The molecule has 8 heteroatoms. The molecule has 0 aliphatic carbocycles. The first-order valence-electron chi connectivity index (χ1n) is 13.4. The second-order valence-electron chi connectivity index (χ2n) is 9.27. The Hall–Kier alpha value is -3.52. The molecule has 0 heterocycles. The number of aromatic carboxylic acids is 1. The van der Waals surface area contributed by atoms with Gasteiger partial charge in [0.25, 0.3) is 0 Å². The second-order valence-corrected chi connectivity index (χ2v) is 9.27. The quantitative estimate of drug-likeness (QED) is 0.127. The Morgan fingerprint density at radius 2 is 1.49 bits per heavy atom. The Morgan fingerprint density at radius 1 is 0.829 bits per heavy atom. The molecule has 1 radical (unpaired) electrons. The van der Waals surface area contributed by atoms with Gasteiger partial charge in [-0.1, -0.05) is 50.6 Å². The van der Waals surface area contributed by atoms with Gasteiger partial charge >= 0.3 is 5.97 Å². The molecule has 4 rings (SSSR count). The Kier molecular flexibility index (Phi) is 12.1. The molecule has 0 spiro atoms. The standard InChI is InChI=1S/C33H33FO6.Na/c1-3-9-25-29(12-7-13-30(25)40-31-11-6-5-10-26(31)33(36)37)38-18-8-19-39-32-21-28(35)27(20-22(32)4-2)23-14-16-24(34)17-15-23;/h5-7,10-17,20-21,35H,3-4,8-9,18-19H2,1-2H3,(H,36,37);. The fraction of sp³-hybridized carbons (Fsp3) is 0.242. The van der Waals surface area contributed by atoms with E-state index in [-0.39, 0.29) is 52.4 Å². The number of carbonyl (C=O) groups is 1. The number of aromatic hydroxyl groups is 1. The molecule has 41 heavy (non-hydrogen) atoms. The fourth-order valence-corrected chi connectivity index (χ4v) is 4.43. The van der Waals surface area contributed by atoms with E-state index in [1.54, 1.807) is 36.4 Å². The minimum absolute atomic E-state index is 0. The number of phenols is 1. The fourth-order valence-electron chi connectivity index (χ4n) is 4.43. The average Bonchev–Trinajstić information content (AvgIpc) is 2.95. The molecule has 0 amide bonds. The number of carboxylic acids is 1. The molecule has 0 atom stereocenters. The van der Waals surface area contributed by atoms with Crippen molar-refractivity contribution in [2.24, 2.45) is 0 Å². The molecule has 4 aromatic rings. The van der Waals surface area contributed by atoms with Crippen LogP contribution in [0.15, 0.2) is 78.9 Å². The predicted octanol–water partition coefficient (Wildman–Crippen LogP) is 7.67. The number of aryl methyl sites for hydroxylation is 1. The third-order valence-electron chi connectivity index (χ3n) is 6.45. The van der Waals surface area contributed by atoms with Gasteiger partial charge in [0.15, 0.2) is 0 Å². The number of benzene rings is 4. The summed E-state index contributed by atoms with van der Waals surface area (Å²) in [4.78, 5) is 11.6. The van der Waals surface area contributed by atoms with Crippen LogP contribution in [0.5, 0.6) is 28.7 Å². The van der Waals surface area contributed by atoms with Gasteiger partial charge in [0.05, 0.1) is 13.2 Å². The molecule has 0 saturated carbocycles. The van der Waals surface area contributed by atoms with Crippen molar-refractivity contribution in [2.75, 3.05) is 13.2 Å². The van der Waals surface area contributed by atoms with Crippen LogP contribution in [-0.4, -0.2) is 59.0 Å². The molecule has 0 saturated heterocycles. The summed E-state index contributed by atoms with van der Waals surface area (Å²) in [5.74, 6) is 0.815. The normalized spacial score (nSPS) is 10.5. The van der Waals surface area contributed by atoms with Crippen molar-refractivity contribution < 1.29 is 33.6 Å². The SMILES string of the molecule is CCCc1c(OCCCOc2cc(O)c(-c3ccc(F)cc3)cc2CC)cccc1Oc1ccccc1C(=O)O.[Na]. The first-order chi connectivity index (χ1) is 19.4. The van der Waals surface area contributed by atoms with E-state index < -0.39 is 5.97 Å². The van der Waals surface area contributed by atoms with Crippen molar-refractivity contribution in [3.8, 4) is 39.9 Å². The third kappa shape index (κ3) is 8.26. The molecule has 0 aromatic heterocycles. The van der Waals surface area contributed by atoms with Crippen molar-refractivity contribution in [3.63, 3.8) is 0 Å². The molecular weight excluding hydrogens is 534 g/mol. The van der Waals surface area contributed by atoms with E-state index in [9.17, 15) is 19.4 Å². The van der Waals surface area contributed by atoms with Gasteiger partial charge in [-0.15, -0.1) is 0 Å². The molecule has 0 unspecified atom stereocenters. The van der Waals surface area contributed by atoms with Crippen LogP contribution in [0, 0.1) is 5.82 Å². The van der Waals surface area contributed by atoms with Crippen LogP contribution in [0.3, 0.4) is 0 Å². The van der Waals surface area contributed by atoms with Gasteiger partial charge in [-0.2, -0.15) is 0 Å². The van der Waals surface area contributed by atoms with E-state index in [4.69, 9.17) is 14.2 Å². The van der Waals surface area contributed by atoms with Gasteiger partial charge in [0, 0.05) is 53.2 Å². The van der Waals surface area contributed by atoms with Crippen LogP contribution in [0.2, 0.25) is 0 Å². The molecule has 0 bridgehead atoms. The van der Waals surface area contributed by atoms with E-state index in [0.29, 0.717) is 55.3 Å². The molecule has 209 valence electrons. The van der Waals surface area contributed by atoms with Gasteiger partial charge in [0.2, 0.25) is 0 Å². The van der Waals surface area contributed by atoms with E-state index in [2.05, 4.69) is 6.92 Å². The van der Waals surface area contributed by atoms with Crippen molar-refractivity contribution in [2.45, 2.75) is 39.5 Å². The Labute approximate surface area is 262 Å². The maximum Gasteiger partial charge on any atom is 0.339 e. The summed E-state index contributed by atoms with van der Waals surface area (Å²) < 4.78 is 31.4. The van der Waals surface area contributed by atoms with Gasteiger partial charge in [-0.25, -0.2) is 9.18 Å². The minimum atomic E-state index is -1.05. The van der Waals surface area contributed by atoms with Crippen LogP contribution >= 0.6 is 0 Å². The largest absolute Gasteiger partial charge is 0.507 e. The van der Waals surface area contributed by atoms with E-state index in [1.807, 2.05) is 31.2 Å². The van der Waals surface area contributed by atoms with Crippen LogP contribution < -0.4 is 14.2 Å². The number of phenolic OH excluding ortho intramolecular Hbond substituents is 1. The van der Waals surface area contributed by atoms with Crippen molar-refractivity contribution >= 4 is 35.5 Å². The number of carboxylic acid groups (broad SMARTS) is 1. The first kappa shape index (κ1) is 32.0. The van der Waals surface area contributed by atoms with Gasteiger partial charge < -0.3 is 24.4 Å².